The van der Waals surface area contributed by atoms with Crippen LogP contribution in [0, 0.1) is 6.92 Å². The van der Waals surface area contributed by atoms with Crippen molar-refractivity contribution >= 4 is 22.9 Å². The van der Waals surface area contributed by atoms with E-state index in [1.54, 1.807) is 7.11 Å². The first-order valence-corrected chi connectivity index (χ1v) is 10.9. The second kappa shape index (κ2) is 8.57. The van der Waals surface area contributed by atoms with E-state index in [1.165, 1.54) is 11.3 Å². The minimum Gasteiger partial charge on any atom is -0.497 e. The maximum absolute atomic E-state index is 13.4. The molecular weight excluding hydrogens is 384 g/mol. The highest BCUT2D eigenvalue weighted by atomic mass is 32.1. The van der Waals surface area contributed by atoms with E-state index in [-0.39, 0.29) is 18.1 Å². The van der Waals surface area contributed by atoms with E-state index in [0.29, 0.717) is 0 Å². The molecule has 1 unspecified atom stereocenters. The lowest BCUT2D eigenvalue weighted by Gasteiger charge is -2.40. The van der Waals surface area contributed by atoms with Gasteiger partial charge in [-0.3, -0.25) is 9.80 Å². The zero-order valence-electron chi connectivity index (χ0n) is 17.2. The number of likely N-dealkylation sites (tertiary alicyclic amines) is 1. The molecule has 1 saturated heterocycles. The van der Waals surface area contributed by atoms with Crippen molar-refractivity contribution in [2.45, 2.75) is 32.0 Å². The zero-order valence-corrected chi connectivity index (χ0v) is 18.0. The third-order valence-electron chi connectivity index (χ3n) is 5.59. The second-order valence-corrected chi connectivity index (χ2v) is 8.67. The van der Waals surface area contributed by atoms with Gasteiger partial charge in [-0.25, -0.2) is 5.43 Å². The molecule has 29 heavy (non-hydrogen) atoms. The van der Waals surface area contributed by atoms with Crippen LogP contribution in [0.3, 0.4) is 0 Å². The molecule has 2 aromatic rings. The Labute approximate surface area is 176 Å². The van der Waals surface area contributed by atoms with E-state index >= 15 is 0 Å². The highest BCUT2D eigenvalue weighted by Crippen LogP contribution is 2.28. The van der Waals surface area contributed by atoms with E-state index in [9.17, 15) is 4.79 Å². The first-order valence-electron chi connectivity index (χ1n) is 9.99. The Hall–Kier alpha value is -2.35. The van der Waals surface area contributed by atoms with Gasteiger partial charge in [0.1, 0.15) is 11.9 Å². The number of hydrogen-bond acceptors (Lipinski definition) is 6. The molecule has 2 aliphatic rings. The van der Waals surface area contributed by atoms with Crippen LogP contribution in [0.25, 0.3) is 0 Å². The quantitative estimate of drug-likeness (QED) is 0.815. The van der Waals surface area contributed by atoms with Crippen molar-refractivity contribution in [3.8, 4) is 5.75 Å². The first kappa shape index (κ1) is 19.9. The van der Waals surface area contributed by atoms with Gasteiger partial charge in [0.25, 0.3) is 5.91 Å². The number of ether oxygens (including phenoxy) is 1. The molecule has 0 spiro atoms. The third kappa shape index (κ3) is 4.32. The molecule has 1 fully saturated rings. The van der Waals surface area contributed by atoms with Gasteiger partial charge in [0.2, 0.25) is 0 Å². The summed E-state index contributed by atoms with van der Waals surface area (Å²) in [7, 11) is 3.82. The molecule has 3 heterocycles. The fraction of sp³-hybridized carbons (Fsp3) is 0.409. The lowest BCUT2D eigenvalue weighted by molar-refractivity contribution is 0.0492. The molecule has 1 aromatic heterocycles. The summed E-state index contributed by atoms with van der Waals surface area (Å²) in [5.74, 6) is 0.917. The van der Waals surface area contributed by atoms with Crippen molar-refractivity contribution in [1.82, 2.24) is 15.2 Å². The highest BCUT2D eigenvalue weighted by Gasteiger charge is 2.35. The van der Waals surface area contributed by atoms with E-state index in [4.69, 9.17) is 4.74 Å². The summed E-state index contributed by atoms with van der Waals surface area (Å²) in [5, 5.41) is 3.94. The monoisotopic (exact) mass is 412 g/mol. The molecule has 1 N–H and O–H groups in total. The van der Waals surface area contributed by atoms with Crippen LogP contribution in [0.5, 0.6) is 5.75 Å². The summed E-state index contributed by atoms with van der Waals surface area (Å²) in [6.45, 7) is 4.07. The molecule has 6 nitrogen and oxygen atoms in total. The fourth-order valence-electron chi connectivity index (χ4n) is 4.02. The number of rotatable bonds is 5. The number of aryl methyl sites for hydroxylation is 1. The number of carbonyl (C=O) groups is 1. The number of benzene rings is 1. The summed E-state index contributed by atoms with van der Waals surface area (Å²) in [6.07, 6.45) is 5.86. The topological polar surface area (TPSA) is 48.1 Å². The second-order valence-electron chi connectivity index (χ2n) is 7.72. The normalized spacial score (nSPS) is 20.2. The number of nitrogens with one attached hydrogen (secondary N) is 1. The molecule has 2 aliphatic heterocycles. The summed E-state index contributed by atoms with van der Waals surface area (Å²) in [4.78, 5) is 18.5. The van der Waals surface area contributed by atoms with Crippen LogP contribution in [-0.4, -0.2) is 55.2 Å². The van der Waals surface area contributed by atoms with Gasteiger partial charge in [-0.05, 0) is 75.1 Å². The Kier molecular flexibility index (Phi) is 5.89. The molecule has 4 rings (SSSR count). The Morgan fingerprint density at radius 1 is 1.28 bits per heavy atom. The van der Waals surface area contributed by atoms with Gasteiger partial charge in [0, 0.05) is 18.3 Å². The molecule has 154 valence electrons. The lowest BCUT2D eigenvalue weighted by Crippen LogP contribution is -2.56. The molecule has 0 bridgehead atoms. The minimum absolute atomic E-state index is 0.0976. The molecule has 1 amide bonds. The molecule has 0 radical (unpaired) electrons. The number of anilines is 1. The van der Waals surface area contributed by atoms with Crippen LogP contribution in [0.15, 0.2) is 48.0 Å². The highest BCUT2D eigenvalue weighted by molar-refractivity contribution is 7.12. The Bertz CT molecular complexity index is 875. The van der Waals surface area contributed by atoms with Crippen molar-refractivity contribution in [1.29, 1.82) is 0 Å². The number of hydrazine groups is 1. The largest absolute Gasteiger partial charge is 0.497 e. The fourth-order valence-corrected chi connectivity index (χ4v) is 4.68. The number of nitrogens with zero attached hydrogens (tertiary/aromatic N) is 3. The van der Waals surface area contributed by atoms with Crippen LogP contribution in [0.2, 0.25) is 0 Å². The number of carbonyl (C=O) groups excluding carboxylic acids is 1. The lowest BCUT2D eigenvalue weighted by atomic mass is 10.0. The number of thiophene rings is 1. The van der Waals surface area contributed by atoms with Gasteiger partial charge in [0.15, 0.2) is 0 Å². The maximum atomic E-state index is 13.4. The van der Waals surface area contributed by atoms with Crippen LogP contribution in [0.1, 0.15) is 28.1 Å². The molecular formula is C22H28N4O2S. The van der Waals surface area contributed by atoms with Crippen molar-refractivity contribution in [3.05, 3.63) is 58.4 Å². The predicted octanol–water partition coefficient (Wildman–Crippen LogP) is 3.47. The predicted molar refractivity (Wildman–Crippen MR) is 117 cm³/mol. The molecule has 1 aromatic carbocycles. The first-order chi connectivity index (χ1) is 14.0. The van der Waals surface area contributed by atoms with Gasteiger partial charge >= 0.3 is 0 Å². The van der Waals surface area contributed by atoms with Gasteiger partial charge in [-0.15, -0.1) is 11.3 Å². The molecule has 0 saturated carbocycles. The Morgan fingerprint density at radius 2 is 2.07 bits per heavy atom. The van der Waals surface area contributed by atoms with Crippen LogP contribution >= 0.6 is 11.3 Å². The Morgan fingerprint density at radius 3 is 2.76 bits per heavy atom. The van der Waals surface area contributed by atoms with Gasteiger partial charge in [-0.2, -0.15) is 0 Å². The summed E-state index contributed by atoms with van der Waals surface area (Å²) >= 11 is 1.50. The van der Waals surface area contributed by atoms with Crippen molar-refractivity contribution in [3.63, 3.8) is 0 Å². The summed E-state index contributed by atoms with van der Waals surface area (Å²) in [6, 6.07) is 10.2. The molecule has 7 heteroatoms. The van der Waals surface area contributed by atoms with E-state index in [0.717, 1.165) is 47.8 Å². The standard InChI is InChI=1S/C22H28N4O2S/c1-16-13-18(15-19(14-16)28-3)25-11-8-21(23-25)26(17-6-9-24(2)10-7-17)22(27)20-5-4-12-29-20/h4-5,8,11-15,17,21,23H,6-7,9-10H2,1-3H3. The minimum atomic E-state index is -0.176. The van der Waals surface area contributed by atoms with Gasteiger partial charge in [-0.1, -0.05) is 6.07 Å². The molecule has 1 atom stereocenters. The number of methoxy groups -OCH3 is 1. The van der Waals surface area contributed by atoms with E-state index in [1.807, 2.05) is 45.8 Å². The van der Waals surface area contributed by atoms with Crippen molar-refractivity contribution < 1.29 is 9.53 Å². The third-order valence-corrected chi connectivity index (χ3v) is 6.44. The molecule has 0 aliphatic carbocycles. The van der Waals surface area contributed by atoms with E-state index in [2.05, 4.69) is 36.4 Å². The number of amides is 1. The Balaban J connectivity index is 1.56. The summed E-state index contributed by atoms with van der Waals surface area (Å²) in [5.41, 5.74) is 5.62. The van der Waals surface area contributed by atoms with Crippen molar-refractivity contribution in [2.75, 3.05) is 32.3 Å². The number of hydrogen-bond donors (Lipinski definition) is 1. The van der Waals surface area contributed by atoms with Crippen molar-refractivity contribution in [2.24, 2.45) is 0 Å². The van der Waals surface area contributed by atoms with Gasteiger partial charge in [0.05, 0.1) is 17.7 Å². The average molecular weight is 413 g/mol. The van der Waals surface area contributed by atoms with Crippen LogP contribution < -0.4 is 15.2 Å². The van der Waals surface area contributed by atoms with Crippen LogP contribution in [0.4, 0.5) is 5.69 Å². The van der Waals surface area contributed by atoms with Gasteiger partial charge < -0.3 is 14.5 Å². The zero-order chi connectivity index (χ0) is 20.4. The number of piperidine rings is 1. The average Bonchev–Trinajstić information content (AvgIpc) is 3.41. The van der Waals surface area contributed by atoms with E-state index < -0.39 is 0 Å². The SMILES string of the molecule is COc1cc(C)cc(N2C=CC(N(C(=O)c3cccs3)C3CCN(C)CC3)N2)c1. The smallest absolute Gasteiger partial charge is 0.265 e. The van der Waals surface area contributed by atoms with Crippen LogP contribution in [-0.2, 0) is 0 Å². The maximum Gasteiger partial charge on any atom is 0.265 e. The summed E-state index contributed by atoms with van der Waals surface area (Å²) < 4.78 is 5.42.